The number of benzene rings is 3. The maximum atomic E-state index is 14.2. The van der Waals surface area contributed by atoms with Gasteiger partial charge in [0.1, 0.15) is 11.6 Å². The summed E-state index contributed by atoms with van der Waals surface area (Å²) in [6, 6.07) is 10.6. The Balaban J connectivity index is 1.39. The monoisotopic (exact) mass is 685 g/mol. The lowest BCUT2D eigenvalue weighted by atomic mass is 9.89. The zero-order chi connectivity index (χ0) is 35.5. The van der Waals surface area contributed by atoms with E-state index in [-0.39, 0.29) is 30.5 Å². The zero-order valence-corrected chi connectivity index (χ0v) is 28.1. The van der Waals surface area contributed by atoms with Crippen LogP contribution in [0.1, 0.15) is 101 Å². The first-order valence-corrected chi connectivity index (χ1v) is 17.1. The van der Waals surface area contributed by atoms with Gasteiger partial charge in [0.05, 0.1) is 17.7 Å². The number of halogens is 5. The first-order valence-electron chi connectivity index (χ1n) is 17.1. The van der Waals surface area contributed by atoms with Crippen LogP contribution in [-0.2, 0) is 24.6 Å². The van der Waals surface area contributed by atoms with Gasteiger partial charge in [-0.05, 0) is 104 Å². The van der Waals surface area contributed by atoms with Crippen LogP contribution in [-0.4, -0.2) is 53.1 Å². The number of amides is 2. The number of carbonyl (C=O) groups is 2. The molecule has 3 aromatic rings. The fraction of sp³-hybridized carbons (Fsp3) is 0.474. The fourth-order valence-corrected chi connectivity index (χ4v) is 7.08. The molecule has 49 heavy (non-hydrogen) atoms. The van der Waals surface area contributed by atoms with E-state index < -0.39 is 47.0 Å². The number of aryl methyl sites for hydroxylation is 1. The maximum Gasteiger partial charge on any atom is 0.416 e. The van der Waals surface area contributed by atoms with Gasteiger partial charge in [-0.15, -0.1) is 0 Å². The largest absolute Gasteiger partial charge is 0.416 e. The second-order valence-electron chi connectivity index (χ2n) is 13.5. The van der Waals surface area contributed by atoms with Gasteiger partial charge < -0.3 is 20.6 Å². The average Bonchev–Trinajstić information content (AvgIpc) is 3.84. The summed E-state index contributed by atoms with van der Waals surface area (Å²) in [6.07, 6.45) is -0.709. The molecule has 1 fully saturated rings. The zero-order valence-electron chi connectivity index (χ0n) is 28.1. The Kier molecular flexibility index (Phi) is 11.1. The summed E-state index contributed by atoms with van der Waals surface area (Å²) in [5, 5.41) is 17.5. The average molecular weight is 686 g/mol. The molecule has 1 aliphatic carbocycles. The minimum Gasteiger partial charge on any atom is -0.390 e. The van der Waals surface area contributed by atoms with Crippen LogP contribution in [0.15, 0.2) is 54.6 Å². The van der Waals surface area contributed by atoms with Gasteiger partial charge in [-0.1, -0.05) is 38.8 Å². The van der Waals surface area contributed by atoms with Gasteiger partial charge in [-0.3, -0.25) is 9.59 Å². The van der Waals surface area contributed by atoms with Crippen LogP contribution < -0.4 is 10.6 Å². The van der Waals surface area contributed by atoms with Gasteiger partial charge in [0.15, 0.2) is 0 Å². The summed E-state index contributed by atoms with van der Waals surface area (Å²) in [5.41, 5.74) is 1.18. The summed E-state index contributed by atoms with van der Waals surface area (Å²) >= 11 is 0. The summed E-state index contributed by atoms with van der Waals surface area (Å²) in [5.74, 6) is -2.28. The van der Waals surface area contributed by atoms with Gasteiger partial charge in [-0.25, -0.2) is 8.78 Å². The summed E-state index contributed by atoms with van der Waals surface area (Å²) in [7, 11) is 0. The van der Waals surface area contributed by atoms with Crippen molar-refractivity contribution in [3.63, 3.8) is 0 Å². The van der Waals surface area contributed by atoms with E-state index in [1.54, 1.807) is 25.1 Å². The van der Waals surface area contributed by atoms with Crippen molar-refractivity contribution < 1.29 is 36.6 Å². The third-order valence-corrected chi connectivity index (χ3v) is 9.72. The highest BCUT2D eigenvalue weighted by Gasteiger charge is 2.45. The van der Waals surface area contributed by atoms with Crippen molar-refractivity contribution in [3.8, 4) is 0 Å². The Labute approximate surface area is 284 Å². The minimum atomic E-state index is -4.51. The van der Waals surface area contributed by atoms with E-state index in [0.29, 0.717) is 53.6 Å². The van der Waals surface area contributed by atoms with Crippen LogP contribution >= 0.6 is 0 Å². The van der Waals surface area contributed by atoms with Crippen LogP contribution in [0, 0.1) is 18.6 Å². The molecule has 2 unspecified atom stereocenters. The normalized spacial score (nSPS) is 16.8. The van der Waals surface area contributed by atoms with Gasteiger partial charge in [0.25, 0.3) is 11.8 Å². The number of aliphatic hydroxyl groups is 1. The summed E-state index contributed by atoms with van der Waals surface area (Å²) < 4.78 is 68.6. The Morgan fingerprint density at radius 1 is 1.00 bits per heavy atom. The summed E-state index contributed by atoms with van der Waals surface area (Å²) in [6.45, 7) is 6.33. The van der Waals surface area contributed by atoms with Crippen LogP contribution in [0.25, 0.3) is 0 Å². The molecule has 0 aromatic heterocycles. The van der Waals surface area contributed by atoms with Crippen molar-refractivity contribution in [3.05, 3.63) is 105 Å². The first kappa shape index (κ1) is 36.5. The topological polar surface area (TPSA) is 81.7 Å². The first-order chi connectivity index (χ1) is 23.2. The number of carbonyl (C=O) groups excluding carboxylic acids is 2. The fourth-order valence-electron chi connectivity index (χ4n) is 7.08. The Hall–Kier alpha value is -3.83. The predicted octanol–water partition coefficient (Wildman–Crippen LogP) is 7.24. The van der Waals surface area contributed by atoms with Crippen LogP contribution in [0.3, 0.4) is 0 Å². The molecular weight excluding hydrogens is 641 g/mol. The number of nitrogens with one attached hydrogen (secondary N) is 2. The Morgan fingerprint density at radius 3 is 2.29 bits per heavy atom. The van der Waals surface area contributed by atoms with E-state index in [2.05, 4.69) is 24.5 Å². The maximum absolute atomic E-state index is 14.2. The van der Waals surface area contributed by atoms with Crippen molar-refractivity contribution in [1.82, 2.24) is 15.5 Å². The number of fused-ring (bicyclic) bond motifs is 1. The number of hydrogen-bond donors (Lipinski definition) is 3. The molecule has 3 aromatic carbocycles. The van der Waals surface area contributed by atoms with Crippen molar-refractivity contribution in [2.75, 3.05) is 13.1 Å². The molecule has 1 saturated carbocycles. The van der Waals surface area contributed by atoms with Crippen LogP contribution in [0.5, 0.6) is 0 Å². The van der Waals surface area contributed by atoms with E-state index in [1.165, 1.54) is 6.07 Å². The third-order valence-electron chi connectivity index (χ3n) is 9.72. The van der Waals surface area contributed by atoms with Crippen molar-refractivity contribution in [2.24, 2.45) is 0 Å². The molecule has 0 radical (unpaired) electrons. The van der Waals surface area contributed by atoms with Crippen LogP contribution in [0.2, 0.25) is 0 Å². The second kappa shape index (κ2) is 15.0. The molecule has 0 bridgehead atoms. The molecule has 0 saturated heterocycles. The lowest BCUT2D eigenvalue weighted by Crippen LogP contribution is -2.50. The molecule has 1 aliphatic heterocycles. The SMILES string of the molecule is CCCC(CCC)N1CCc2c(C(=O)NC(Cc3cc(F)cc(F)c3)C(O)CNC3(c4cccc(C(F)(F)F)c4)CC3)cc(C)cc2C1=O. The molecule has 264 valence electrons. The second-order valence-corrected chi connectivity index (χ2v) is 13.5. The highest BCUT2D eigenvalue weighted by molar-refractivity contribution is 6.03. The lowest BCUT2D eigenvalue weighted by molar-refractivity contribution is -0.137. The number of nitrogens with zero attached hydrogens (tertiary/aromatic N) is 1. The number of aliphatic hydroxyl groups excluding tert-OH is 1. The van der Waals surface area contributed by atoms with E-state index in [1.807, 2.05) is 4.90 Å². The molecule has 2 aliphatic rings. The molecule has 1 heterocycles. The van der Waals surface area contributed by atoms with Gasteiger partial charge in [0, 0.05) is 41.9 Å². The molecule has 2 atom stereocenters. The predicted molar refractivity (Wildman–Crippen MR) is 177 cm³/mol. The number of hydrogen-bond acceptors (Lipinski definition) is 4. The molecule has 3 N–H and O–H groups in total. The molecule has 2 amide bonds. The van der Waals surface area contributed by atoms with E-state index in [9.17, 15) is 36.6 Å². The quantitative estimate of drug-likeness (QED) is 0.156. The number of alkyl halides is 3. The third kappa shape index (κ3) is 8.49. The molecule has 5 rings (SSSR count). The lowest BCUT2D eigenvalue weighted by Gasteiger charge is -2.36. The Bertz CT molecular complexity index is 1650. The van der Waals surface area contributed by atoms with E-state index in [4.69, 9.17) is 0 Å². The van der Waals surface area contributed by atoms with Crippen molar-refractivity contribution in [1.29, 1.82) is 0 Å². The van der Waals surface area contributed by atoms with E-state index in [0.717, 1.165) is 56.0 Å². The molecular formula is C38H44F5N3O3. The van der Waals surface area contributed by atoms with Crippen molar-refractivity contribution in [2.45, 2.75) is 102 Å². The highest BCUT2D eigenvalue weighted by Crippen LogP contribution is 2.46. The number of rotatable bonds is 14. The molecule has 0 spiro atoms. The van der Waals surface area contributed by atoms with Gasteiger partial charge in [0.2, 0.25) is 0 Å². The standard InChI is InChI=1S/C38H44F5N3O3/c1-4-7-29(8-5-2)46-14-11-30-31(15-23(3)16-32(30)36(46)49)35(48)45-33(19-24-17-27(39)21-28(40)18-24)34(47)22-44-37(12-13-37)25-9-6-10-26(20-25)38(41,42)43/h6,9-10,15-18,20-21,29,33-34,44,47H,4-5,7-8,11-14,19,22H2,1-3H3,(H,45,48). The van der Waals surface area contributed by atoms with E-state index >= 15 is 0 Å². The van der Waals surface area contributed by atoms with Gasteiger partial charge in [-0.2, -0.15) is 13.2 Å². The minimum absolute atomic E-state index is 0.109. The van der Waals surface area contributed by atoms with Gasteiger partial charge >= 0.3 is 6.18 Å². The smallest absolute Gasteiger partial charge is 0.390 e. The highest BCUT2D eigenvalue weighted by atomic mass is 19.4. The molecule has 11 heteroatoms. The Morgan fingerprint density at radius 2 is 1.67 bits per heavy atom. The summed E-state index contributed by atoms with van der Waals surface area (Å²) in [4.78, 5) is 29.6. The van der Waals surface area contributed by atoms with Crippen molar-refractivity contribution >= 4 is 11.8 Å². The molecule has 6 nitrogen and oxygen atoms in total. The van der Waals surface area contributed by atoms with Crippen LogP contribution in [0.4, 0.5) is 22.0 Å².